The number of aliphatic hydroxyl groups is 1. The molecule has 1 aromatic rings. The molecule has 0 saturated heterocycles. The van der Waals surface area contributed by atoms with Gasteiger partial charge in [0.15, 0.2) is 0 Å². The minimum absolute atomic E-state index is 0.0511. The van der Waals surface area contributed by atoms with Crippen LogP contribution in [-0.4, -0.2) is 33.6 Å². The number of aryl methyl sites for hydroxylation is 1. The zero-order chi connectivity index (χ0) is 11.3. The Labute approximate surface area is 87.5 Å². The van der Waals surface area contributed by atoms with Gasteiger partial charge in [-0.2, -0.15) is 0 Å². The Morgan fingerprint density at radius 1 is 1.67 bits per heavy atom. The molecule has 1 unspecified atom stereocenters. The van der Waals surface area contributed by atoms with E-state index in [1.807, 2.05) is 6.92 Å². The monoisotopic (exact) mass is 210 g/mol. The summed E-state index contributed by atoms with van der Waals surface area (Å²) in [5.41, 5.74) is 5.78. The van der Waals surface area contributed by atoms with Gasteiger partial charge in [0.2, 0.25) is 5.91 Å². The van der Waals surface area contributed by atoms with Crippen molar-refractivity contribution in [3.05, 3.63) is 18.1 Å². The molecule has 4 N–H and O–H groups in total. The summed E-state index contributed by atoms with van der Waals surface area (Å²) in [6.45, 7) is 2.03. The van der Waals surface area contributed by atoms with Crippen molar-refractivity contribution in [2.24, 2.45) is 5.73 Å². The number of carbonyl (C=O) groups excluding carboxylic acids is 1. The van der Waals surface area contributed by atoms with Crippen molar-refractivity contribution in [3.63, 3.8) is 0 Å². The molecule has 0 aliphatic carbocycles. The molecular weight excluding hydrogens is 196 g/mol. The van der Waals surface area contributed by atoms with Gasteiger partial charge in [-0.05, 0) is 6.42 Å². The third kappa shape index (κ3) is 3.51. The van der Waals surface area contributed by atoms with Crippen LogP contribution in [-0.2, 0) is 11.2 Å². The number of nitrogens with two attached hydrogens (primary N) is 1. The molecule has 0 aromatic carbocycles. The van der Waals surface area contributed by atoms with E-state index < -0.39 is 12.0 Å². The highest BCUT2D eigenvalue weighted by Gasteiger charge is 2.10. The molecule has 0 saturated carbocycles. The zero-order valence-electron chi connectivity index (χ0n) is 8.47. The first kappa shape index (κ1) is 11.4. The van der Waals surface area contributed by atoms with Crippen LogP contribution in [0.1, 0.15) is 12.6 Å². The Bertz CT molecular complexity index is 343. The molecule has 0 aliphatic rings. The molecule has 1 rings (SSSR count). The Balaban J connectivity index is 2.53. The van der Waals surface area contributed by atoms with Crippen molar-refractivity contribution in [1.29, 1.82) is 0 Å². The van der Waals surface area contributed by atoms with E-state index in [2.05, 4.69) is 15.3 Å². The van der Waals surface area contributed by atoms with Crippen molar-refractivity contribution < 1.29 is 9.90 Å². The molecule has 0 fully saturated rings. The number of carbonyl (C=O) groups is 1. The lowest BCUT2D eigenvalue weighted by atomic mass is 10.3. The number of nitrogens with zero attached hydrogens (tertiary/aromatic N) is 2. The van der Waals surface area contributed by atoms with Gasteiger partial charge in [0, 0.05) is 11.8 Å². The number of hydrogen-bond acceptors (Lipinski definition) is 5. The van der Waals surface area contributed by atoms with E-state index in [-0.39, 0.29) is 6.54 Å². The molecular formula is C9H14N4O2. The maximum Gasteiger partial charge on any atom is 0.248 e. The highest BCUT2D eigenvalue weighted by atomic mass is 16.3. The lowest BCUT2D eigenvalue weighted by molar-refractivity contribution is -0.125. The maximum absolute atomic E-state index is 10.5. The molecule has 0 aliphatic heterocycles. The van der Waals surface area contributed by atoms with E-state index in [0.717, 1.165) is 12.1 Å². The van der Waals surface area contributed by atoms with Crippen LogP contribution >= 0.6 is 0 Å². The number of nitrogens with one attached hydrogen (secondary N) is 1. The Kier molecular flexibility index (Phi) is 3.99. The standard InChI is InChI=1S/C9H14N4O2/c1-2-6-3-8(13-5-12-6)11-4-7(14)9(10)15/h3,5,7,14H,2,4H2,1H3,(H2,10,15)(H,11,12,13). The van der Waals surface area contributed by atoms with E-state index >= 15 is 0 Å². The molecule has 0 bridgehead atoms. The average molecular weight is 210 g/mol. The van der Waals surface area contributed by atoms with Crippen molar-refractivity contribution in [3.8, 4) is 0 Å². The van der Waals surface area contributed by atoms with Gasteiger partial charge in [-0.15, -0.1) is 0 Å². The van der Waals surface area contributed by atoms with E-state index in [9.17, 15) is 4.79 Å². The molecule has 0 spiro atoms. The minimum Gasteiger partial charge on any atom is -0.381 e. The van der Waals surface area contributed by atoms with Crippen molar-refractivity contribution in [2.75, 3.05) is 11.9 Å². The molecule has 0 radical (unpaired) electrons. The summed E-state index contributed by atoms with van der Waals surface area (Å²) < 4.78 is 0. The Morgan fingerprint density at radius 2 is 2.40 bits per heavy atom. The molecule has 1 aromatic heterocycles. The summed E-state index contributed by atoms with van der Waals surface area (Å²) in [7, 11) is 0. The van der Waals surface area contributed by atoms with E-state index in [0.29, 0.717) is 5.82 Å². The summed E-state index contributed by atoms with van der Waals surface area (Å²) in [6.07, 6.45) is 1.03. The largest absolute Gasteiger partial charge is 0.381 e. The van der Waals surface area contributed by atoms with Gasteiger partial charge in [0.25, 0.3) is 0 Å². The topological polar surface area (TPSA) is 101 Å². The SMILES string of the molecule is CCc1cc(NCC(O)C(N)=O)ncn1. The van der Waals surface area contributed by atoms with Gasteiger partial charge in [-0.3, -0.25) is 4.79 Å². The first-order chi connectivity index (χ1) is 7.13. The first-order valence-corrected chi connectivity index (χ1v) is 4.65. The van der Waals surface area contributed by atoms with Crippen molar-refractivity contribution >= 4 is 11.7 Å². The number of amides is 1. The number of aromatic nitrogens is 2. The van der Waals surface area contributed by atoms with Crippen LogP contribution in [0.25, 0.3) is 0 Å². The van der Waals surface area contributed by atoms with Gasteiger partial charge in [-0.25, -0.2) is 9.97 Å². The fraction of sp³-hybridized carbons (Fsp3) is 0.444. The summed E-state index contributed by atoms with van der Waals surface area (Å²) in [5.74, 6) is -0.186. The minimum atomic E-state index is -1.20. The molecule has 82 valence electrons. The highest BCUT2D eigenvalue weighted by molar-refractivity contribution is 5.79. The molecule has 1 amide bonds. The molecule has 6 nitrogen and oxygen atoms in total. The number of aliphatic hydroxyl groups excluding tert-OH is 1. The number of primary amides is 1. The predicted octanol–water partition coefficient (Wildman–Crippen LogP) is -0.703. The van der Waals surface area contributed by atoms with E-state index in [1.54, 1.807) is 6.07 Å². The summed E-state index contributed by atoms with van der Waals surface area (Å²) in [4.78, 5) is 18.5. The first-order valence-electron chi connectivity index (χ1n) is 4.65. The second kappa shape index (κ2) is 5.26. The Morgan fingerprint density at radius 3 is 3.00 bits per heavy atom. The number of anilines is 1. The quantitative estimate of drug-likeness (QED) is 0.596. The van der Waals surface area contributed by atoms with Crippen LogP contribution in [0.5, 0.6) is 0 Å². The van der Waals surface area contributed by atoms with Gasteiger partial charge in [0.1, 0.15) is 18.2 Å². The fourth-order valence-corrected chi connectivity index (χ4v) is 0.989. The third-order valence-corrected chi connectivity index (χ3v) is 1.89. The van der Waals surface area contributed by atoms with Crippen LogP contribution in [0.4, 0.5) is 5.82 Å². The number of rotatable bonds is 5. The number of hydrogen-bond donors (Lipinski definition) is 3. The average Bonchev–Trinajstić information content (AvgIpc) is 2.26. The van der Waals surface area contributed by atoms with Gasteiger partial charge >= 0.3 is 0 Å². The van der Waals surface area contributed by atoms with Gasteiger partial charge in [0.05, 0.1) is 6.54 Å². The van der Waals surface area contributed by atoms with Crippen molar-refractivity contribution in [2.45, 2.75) is 19.4 Å². The van der Waals surface area contributed by atoms with Crippen LogP contribution in [0.15, 0.2) is 12.4 Å². The van der Waals surface area contributed by atoms with E-state index in [4.69, 9.17) is 10.8 Å². The highest BCUT2D eigenvalue weighted by Crippen LogP contribution is 2.04. The summed E-state index contributed by atoms with van der Waals surface area (Å²) >= 11 is 0. The van der Waals surface area contributed by atoms with Gasteiger partial charge in [-0.1, -0.05) is 6.92 Å². The molecule has 1 atom stereocenters. The van der Waals surface area contributed by atoms with E-state index in [1.165, 1.54) is 6.33 Å². The van der Waals surface area contributed by atoms with Crippen LogP contribution in [0.2, 0.25) is 0 Å². The smallest absolute Gasteiger partial charge is 0.248 e. The lowest BCUT2D eigenvalue weighted by Gasteiger charge is -2.08. The molecule has 15 heavy (non-hydrogen) atoms. The van der Waals surface area contributed by atoms with Crippen LogP contribution < -0.4 is 11.1 Å². The van der Waals surface area contributed by atoms with Crippen molar-refractivity contribution in [1.82, 2.24) is 9.97 Å². The fourth-order valence-electron chi connectivity index (χ4n) is 0.989. The van der Waals surface area contributed by atoms with Gasteiger partial charge < -0.3 is 16.2 Å². The Hall–Kier alpha value is -1.69. The molecule has 6 heteroatoms. The maximum atomic E-state index is 10.5. The van der Waals surface area contributed by atoms with Crippen LogP contribution in [0.3, 0.4) is 0 Å². The summed E-state index contributed by atoms with van der Waals surface area (Å²) in [5, 5.41) is 11.9. The lowest BCUT2D eigenvalue weighted by Crippen LogP contribution is -2.34. The second-order valence-electron chi connectivity index (χ2n) is 3.05. The third-order valence-electron chi connectivity index (χ3n) is 1.89. The zero-order valence-corrected chi connectivity index (χ0v) is 8.47. The molecule has 1 heterocycles. The normalized spacial score (nSPS) is 12.1. The summed E-state index contributed by atoms with van der Waals surface area (Å²) in [6, 6.07) is 1.76. The van der Waals surface area contributed by atoms with Crippen LogP contribution in [0, 0.1) is 0 Å². The predicted molar refractivity (Wildman–Crippen MR) is 55.1 cm³/mol. The second-order valence-corrected chi connectivity index (χ2v) is 3.05.